The first-order chi connectivity index (χ1) is 14.5. The Hall–Kier alpha value is -3.37. The van der Waals surface area contributed by atoms with E-state index in [2.05, 4.69) is 12.6 Å². The summed E-state index contributed by atoms with van der Waals surface area (Å²) in [6.45, 7) is 7.28. The zero-order valence-corrected chi connectivity index (χ0v) is 17.3. The lowest BCUT2D eigenvalue weighted by Crippen LogP contribution is -2.23. The molecule has 3 rings (SSSR count). The SMILES string of the molecule is C=C/C=C(C)/C=C(\C)OCC(O)COC(=O)c1cccc2cc3ccccc3cc12. The molecular weight excluding hydrogens is 376 g/mol. The molecular formula is C26H26O4. The van der Waals surface area contributed by atoms with Gasteiger partial charge in [0.2, 0.25) is 0 Å². The van der Waals surface area contributed by atoms with Gasteiger partial charge in [-0.05, 0) is 65.2 Å². The number of carbonyl (C=O) groups is 1. The van der Waals surface area contributed by atoms with Gasteiger partial charge in [0, 0.05) is 0 Å². The number of aliphatic hydroxyl groups is 1. The molecule has 3 aromatic rings. The summed E-state index contributed by atoms with van der Waals surface area (Å²) in [4.78, 5) is 12.7. The fourth-order valence-electron chi connectivity index (χ4n) is 3.27. The van der Waals surface area contributed by atoms with E-state index < -0.39 is 12.1 Å². The zero-order chi connectivity index (χ0) is 21.5. The van der Waals surface area contributed by atoms with Crippen molar-refractivity contribution >= 4 is 27.5 Å². The minimum absolute atomic E-state index is 0.0388. The minimum atomic E-state index is -0.920. The highest BCUT2D eigenvalue weighted by Crippen LogP contribution is 2.26. The van der Waals surface area contributed by atoms with E-state index in [0.29, 0.717) is 11.3 Å². The number of hydrogen-bond donors (Lipinski definition) is 1. The van der Waals surface area contributed by atoms with Gasteiger partial charge in [0.05, 0.1) is 11.3 Å². The standard InChI is InChI=1S/C26H26O4/c1-4-8-18(2)13-19(3)29-16-23(27)17-30-26(28)24-12-7-11-22-14-20-9-5-6-10-21(20)15-25(22)24/h4-15,23,27H,1,16-17H2,2-3H3/b18-8+,19-13+. The van der Waals surface area contributed by atoms with Gasteiger partial charge in [-0.15, -0.1) is 0 Å². The number of aliphatic hydroxyl groups excluding tert-OH is 1. The average Bonchev–Trinajstić information content (AvgIpc) is 2.74. The smallest absolute Gasteiger partial charge is 0.338 e. The van der Waals surface area contributed by atoms with Crippen LogP contribution in [0, 0.1) is 0 Å². The number of ether oxygens (including phenoxy) is 2. The van der Waals surface area contributed by atoms with E-state index in [1.54, 1.807) is 19.1 Å². The lowest BCUT2D eigenvalue weighted by molar-refractivity contribution is 0.00305. The van der Waals surface area contributed by atoms with Crippen LogP contribution in [0.3, 0.4) is 0 Å². The number of esters is 1. The molecule has 0 aliphatic heterocycles. The van der Waals surface area contributed by atoms with Crippen LogP contribution in [0.15, 0.2) is 90.7 Å². The highest BCUT2D eigenvalue weighted by atomic mass is 16.5. The molecule has 0 bridgehead atoms. The summed E-state index contributed by atoms with van der Waals surface area (Å²) in [5.41, 5.74) is 1.47. The van der Waals surface area contributed by atoms with Crippen molar-refractivity contribution in [3.05, 3.63) is 96.3 Å². The van der Waals surface area contributed by atoms with Crippen molar-refractivity contribution in [3.63, 3.8) is 0 Å². The average molecular weight is 402 g/mol. The van der Waals surface area contributed by atoms with Crippen molar-refractivity contribution in [3.8, 4) is 0 Å². The normalized spacial score (nSPS) is 13.3. The summed E-state index contributed by atoms with van der Waals surface area (Å²) >= 11 is 0. The molecule has 0 fully saturated rings. The van der Waals surface area contributed by atoms with E-state index in [1.165, 1.54) is 0 Å². The van der Waals surface area contributed by atoms with Crippen molar-refractivity contribution in [1.29, 1.82) is 0 Å². The Labute approximate surface area is 176 Å². The van der Waals surface area contributed by atoms with Crippen LogP contribution in [0.5, 0.6) is 0 Å². The van der Waals surface area contributed by atoms with Gasteiger partial charge in [0.1, 0.15) is 19.3 Å². The predicted octanol–water partition coefficient (Wildman–Crippen LogP) is 5.56. The summed E-state index contributed by atoms with van der Waals surface area (Å²) in [6.07, 6.45) is 4.49. The molecule has 0 saturated carbocycles. The number of fused-ring (bicyclic) bond motifs is 2. The molecule has 0 aliphatic rings. The summed E-state index contributed by atoms with van der Waals surface area (Å²) in [5.74, 6) is 0.198. The van der Waals surface area contributed by atoms with Gasteiger partial charge < -0.3 is 14.6 Å². The van der Waals surface area contributed by atoms with E-state index in [0.717, 1.165) is 27.1 Å². The van der Waals surface area contributed by atoms with Gasteiger partial charge in [0.15, 0.2) is 0 Å². The lowest BCUT2D eigenvalue weighted by atomic mass is 10.00. The quantitative estimate of drug-likeness (QED) is 0.232. The number of allylic oxidation sites excluding steroid dienone is 5. The summed E-state index contributed by atoms with van der Waals surface area (Å²) < 4.78 is 10.9. The maximum Gasteiger partial charge on any atom is 0.338 e. The third-order valence-corrected chi connectivity index (χ3v) is 4.69. The summed E-state index contributed by atoms with van der Waals surface area (Å²) in [6, 6.07) is 17.6. The number of rotatable bonds is 8. The van der Waals surface area contributed by atoms with E-state index >= 15 is 0 Å². The Balaban J connectivity index is 1.65. The molecule has 1 unspecified atom stereocenters. The van der Waals surface area contributed by atoms with Crippen LogP contribution in [0.25, 0.3) is 21.5 Å². The molecule has 0 saturated heterocycles. The van der Waals surface area contributed by atoms with Crippen LogP contribution in [-0.4, -0.2) is 30.4 Å². The second kappa shape index (κ2) is 9.90. The molecule has 30 heavy (non-hydrogen) atoms. The Morgan fingerprint density at radius 2 is 1.67 bits per heavy atom. The Bertz CT molecular complexity index is 1120. The molecule has 0 radical (unpaired) electrons. The van der Waals surface area contributed by atoms with Crippen molar-refractivity contribution in [2.75, 3.05) is 13.2 Å². The zero-order valence-electron chi connectivity index (χ0n) is 17.3. The molecule has 0 aliphatic carbocycles. The van der Waals surface area contributed by atoms with Crippen LogP contribution in [0.1, 0.15) is 24.2 Å². The maximum atomic E-state index is 12.7. The topological polar surface area (TPSA) is 55.8 Å². The predicted molar refractivity (Wildman–Crippen MR) is 121 cm³/mol. The molecule has 0 aromatic heterocycles. The summed E-state index contributed by atoms with van der Waals surface area (Å²) in [7, 11) is 0. The highest BCUT2D eigenvalue weighted by Gasteiger charge is 2.15. The van der Waals surface area contributed by atoms with E-state index in [4.69, 9.17) is 9.47 Å². The van der Waals surface area contributed by atoms with Crippen LogP contribution >= 0.6 is 0 Å². The third-order valence-electron chi connectivity index (χ3n) is 4.69. The molecule has 1 N–H and O–H groups in total. The van der Waals surface area contributed by atoms with Gasteiger partial charge in [-0.1, -0.05) is 55.1 Å². The van der Waals surface area contributed by atoms with Gasteiger partial charge in [-0.3, -0.25) is 0 Å². The lowest BCUT2D eigenvalue weighted by Gasteiger charge is -2.14. The monoisotopic (exact) mass is 402 g/mol. The number of hydrogen-bond acceptors (Lipinski definition) is 4. The van der Waals surface area contributed by atoms with E-state index in [1.807, 2.05) is 61.5 Å². The Kier molecular flexibility index (Phi) is 7.04. The second-order valence-electron chi connectivity index (χ2n) is 7.19. The number of benzene rings is 3. The molecule has 4 heteroatoms. The van der Waals surface area contributed by atoms with Gasteiger partial charge in [0.25, 0.3) is 0 Å². The molecule has 1 atom stereocenters. The molecule has 154 valence electrons. The van der Waals surface area contributed by atoms with Gasteiger partial charge in [-0.25, -0.2) is 4.79 Å². The Morgan fingerprint density at radius 3 is 2.40 bits per heavy atom. The van der Waals surface area contributed by atoms with E-state index in [9.17, 15) is 9.90 Å². The molecule has 0 heterocycles. The Morgan fingerprint density at radius 1 is 1.00 bits per heavy atom. The van der Waals surface area contributed by atoms with Crippen LogP contribution < -0.4 is 0 Å². The molecule has 3 aromatic carbocycles. The van der Waals surface area contributed by atoms with Crippen molar-refractivity contribution in [2.24, 2.45) is 0 Å². The van der Waals surface area contributed by atoms with Gasteiger partial charge >= 0.3 is 5.97 Å². The first-order valence-electron chi connectivity index (χ1n) is 9.85. The number of carbonyl (C=O) groups excluding carboxylic acids is 1. The van der Waals surface area contributed by atoms with E-state index in [-0.39, 0.29) is 13.2 Å². The first kappa shape index (κ1) is 21.3. The van der Waals surface area contributed by atoms with Crippen molar-refractivity contribution < 1.29 is 19.4 Å². The van der Waals surface area contributed by atoms with Crippen molar-refractivity contribution in [1.82, 2.24) is 0 Å². The van der Waals surface area contributed by atoms with Crippen molar-refractivity contribution in [2.45, 2.75) is 20.0 Å². The second-order valence-corrected chi connectivity index (χ2v) is 7.19. The fourth-order valence-corrected chi connectivity index (χ4v) is 3.27. The molecule has 4 nitrogen and oxygen atoms in total. The van der Waals surface area contributed by atoms with Crippen LogP contribution in [0.4, 0.5) is 0 Å². The fraction of sp³-hybridized carbons (Fsp3) is 0.192. The van der Waals surface area contributed by atoms with Crippen LogP contribution in [0.2, 0.25) is 0 Å². The summed E-state index contributed by atoms with van der Waals surface area (Å²) in [5, 5.41) is 14.1. The maximum absolute atomic E-state index is 12.7. The van der Waals surface area contributed by atoms with Gasteiger partial charge in [-0.2, -0.15) is 0 Å². The molecule has 0 amide bonds. The minimum Gasteiger partial charge on any atom is -0.495 e. The first-order valence-corrected chi connectivity index (χ1v) is 9.85. The van der Waals surface area contributed by atoms with Crippen LogP contribution in [-0.2, 0) is 9.47 Å². The third kappa shape index (κ3) is 5.37. The largest absolute Gasteiger partial charge is 0.495 e. The highest BCUT2D eigenvalue weighted by molar-refractivity contribution is 6.08. The molecule has 0 spiro atoms.